The molecule has 3 N–H and O–H groups in total. The predicted molar refractivity (Wildman–Crippen MR) is 90.3 cm³/mol. The third kappa shape index (κ3) is 3.89. The molecule has 0 aliphatic carbocycles. The Labute approximate surface area is 133 Å². The number of nitrogens with zero attached hydrogens (tertiary/aromatic N) is 1. The zero-order chi connectivity index (χ0) is 15.4. The fraction of sp³-hybridized carbons (Fsp3) is 0.267. The first-order chi connectivity index (χ1) is 10.0. The number of carbonyl (C=O) groups is 1. The first-order valence-electron chi connectivity index (χ1n) is 6.64. The molecule has 0 aliphatic rings. The van der Waals surface area contributed by atoms with Gasteiger partial charge in [-0.2, -0.15) is 0 Å². The highest BCUT2D eigenvalue weighted by molar-refractivity contribution is 7.16. The topological polar surface area (TPSA) is 58.4 Å². The van der Waals surface area contributed by atoms with Crippen LogP contribution in [-0.4, -0.2) is 19.5 Å². The van der Waals surface area contributed by atoms with Gasteiger partial charge in [0.2, 0.25) is 0 Å². The molecule has 112 valence electrons. The molecule has 4 nitrogen and oxygen atoms in total. The van der Waals surface area contributed by atoms with E-state index in [1.54, 1.807) is 23.5 Å². The summed E-state index contributed by atoms with van der Waals surface area (Å²) in [7, 11) is 1.96. The average molecular weight is 324 g/mol. The minimum Gasteiger partial charge on any atom is -0.397 e. The van der Waals surface area contributed by atoms with Gasteiger partial charge in [0, 0.05) is 24.0 Å². The van der Waals surface area contributed by atoms with Crippen LogP contribution < -0.4 is 16.0 Å². The Morgan fingerprint density at radius 2 is 2.14 bits per heavy atom. The van der Waals surface area contributed by atoms with Crippen molar-refractivity contribution in [2.45, 2.75) is 13.5 Å². The van der Waals surface area contributed by atoms with E-state index in [1.165, 1.54) is 0 Å². The maximum absolute atomic E-state index is 11.8. The van der Waals surface area contributed by atoms with Gasteiger partial charge in [0.1, 0.15) is 0 Å². The second-order valence-corrected chi connectivity index (χ2v) is 6.49. The van der Waals surface area contributed by atoms with Gasteiger partial charge >= 0.3 is 0 Å². The molecular weight excluding hydrogens is 306 g/mol. The highest BCUT2D eigenvalue weighted by Gasteiger charge is 2.11. The number of nitrogens with two attached hydrogens (primary N) is 1. The summed E-state index contributed by atoms with van der Waals surface area (Å²) in [6, 6.07) is 9.25. The third-order valence-corrected chi connectivity index (χ3v) is 4.28. The van der Waals surface area contributed by atoms with Crippen molar-refractivity contribution in [2.24, 2.45) is 0 Å². The smallest absolute Gasteiger partial charge is 0.251 e. The lowest BCUT2D eigenvalue weighted by atomic mass is 10.1. The molecule has 21 heavy (non-hydrogen) atoms. The fourth-order valence-corrected chi connectivity index (χ4v) is 3.20. The number of amides is 1. The molecule has 2 rings (SSSR count). The summed E-state index contributed by atoms with van der Waals surface area (Å²) in [6.07, 6.45) is 0. The Bertz CT molecular complexity index is 642. The molecule has 0 saturated heterocycles. The lowest BCUT2D eigenvalue weighted by Gasteiger charge is -2.20. The second-order valence-electron chi connectivity index (χ2n) is 4.69. The largest absolute Gasteiger partial charge is 0.397 e. The molecule has 0 aliphatic heterocycles. The summed E-state index contributed by atoms with van der Waals surface area (Å²) in [5.41, 5.74) is 8.13. The van der Waals surface area contributed by atoms with Crippen LogP contribution >= 0.6 is 22.9 Å². The van der Waals surface area contributed by atoms with Crippen molar-refractivity contribution < 1.29 is 4.79 Å². The molecule has 0 spiro atoms. The van der Waals surface area contributed by atoms with Crippen molar-refractivity contribution in [3.63, 3.8) is 0 Å². The molecule has 1 amide bonds. The molecule has 0 saturated carbocycles. The van der Waals surface area contributed by atoms with E-state index in [1.807, 2.05) is 37.1 Å². The van der Waals surface area contributed by atoms with Crippen molar-refractivity contribution in [3.05, 3.63) is 45.1 Å². The first kappa shape index (κ1) is 15.7. The first-order valence-corrected chi connectivity index (χ1v) is 7.83. The predicted octanol–water partition coefficient (Wildman–Crippen LogP) is 3.37. The zero-order valence-electron chi connectivity index (χ0n) is 12.0. The highest BCUT2D eigenvalue weighted by atomic mass is 35.5. The van der Waals surface area contributed by atoms with E-state index < -0.39 is 0 Å². The van der Waals surface area contributed by atoms with Crippen molar-refractivity contribution in [2.75, 3.05) is 24.2 Å². The van der Waals surface area contributed by atoms with Crippen molar-refractivity contribution >= 4 is 40.2 Å². The minimum absolute atomic E-state index is 0.108. The van der Waals surface area contributed by atoms with E-state index in [-0.39, 0.29) is 5.91 Å². The van der Waals surface area contributed by atoms with Gasteiger partial charge in [-0.15, -0.1) is 11.3 Å². The number of thiophene rings is 1. The molecule has 0 atom stereocenters. The maximum Gasteiger partial charge on any atom is 0.251 e. The minimum atomic E-state index is -0.108. The Morgan fingerprint density at radius 1 is 1.38 bits per heavy atom. The van der Waals surface area contributed by atoms with Gasteiger partial charge in [0.15, 0.2) is 0 Å². The second kappa shape index (κ2) is 6.83. The monoisotopic (exact) mass is 323 g/mol. The van der Waals surface area contributed by atoms with E-state index >= 15 is 0 Å². The van der Waals surface area contributed by atoms with Crippen LogP contribution in [0.15, 0.2) is 30.3 Å². The van der Waals surface area contributed by atoms with E-state index in [0.717, 1.165) is 21.4 Å². The standard InChI is InChI=1S/C15H18ClN3OS/c1-3-18-15(20)10-4-6-13(12(17)8-10)19(2)9-11-5-7-14(16)21-11/h4-8H,3,9,17H2,1-2H3,(H,18,20). The van der Waals surface area contributed by atoms with Gasteiger partial charge in [-0.1, -0.05) is 11.6 Å². The number of carbonyl (C=O) groups excluding carboxylic acids is 1. The summed E-state index contributed by atoms with van der Waals surface area (Å²) >= 11 is 7.49. The molecule has 1 aromatic carbocycles. The van der Waals surface area contributed by atoms with Gasteiger partial charge in [-0.3, -0.25) is 4.79 Å². The van der Waals surface area contributed by atoms with Crippen molar-refractivity contribution in [1.82, 2.24) is 5.32 Å². The van der Waals surface area contributed by atoms with E-state index in [0.29, 0.717) is 17.8 Å². The van der Waals surface area contributed by atoms with Gasteiger partial charge < -0.3 is 16.0 Å². The Morgan fingerprint density at radius 3 is 2.71 bits per heavy atom. The quantitative estimate of drug-likeness (QED) is 0.829. The molecule has 0 unspecified atom stereocenters. The van der Waals surface area contributed by atoms with Crippen molar-refractivity contribution in [1.29, 1.82) is 0 Å². The molecule has 0 fully saturated rings. The lowest BCUT2D eigenvalue weighted by molar-refractivity contribution is 0.0956. The van der Waals surface area contributed by atoms with Crippen LogP contribution in [0.3, 0.4) is 0 Å². The van der Waals surface area contributed by atoms with Crippen molar-refractivity contribution in [3.8, 4) is 0 Å². The third-order valence-electron chi connectivity index (χ3n) is 3.06. The molecule has 1 heterocycles. The molecule has 2 aromatic rings. The van der Waals surface area contributed by atoms with Crippen LogP contribution in [0.4, 0.5) is 11.4 Å². The number of halogens is 1. The Hall–Kier alpha value is -1.72. The normalized spacial score (nSPS) is 10.4. The molecule has 6 heteroatoms. The van der Waals surface area contributed by atoms with E-state index in [2.05, 4.69) is 5.32 Å². The van der Waals surface area contributed by atoms with Crippen LogP contribution in [0.1, 0.15) is 22.2 Å². The summed E-state index contributed by atoms with van der Waals surface area (Å²) in [6.45, 7) is 3.21. The SMILES string of the molecule is CCNC(=O)c1ccc(N(C)Cc2ccc(Cl)s2)c(N)c1. The Balaban J connectivity index is 2.14. The van der Waals surface area contributed by atoms with Crippen LogP contribution in [-0.2, 0) is 6.54 Å². The number of benzene rings is 1. The molecule has 1 aromatic heterocycles. The molecular formula is C15H18ClN3OS. The van der Waals surface area contributed by atoms with Gasteiger partial charge in [-0.25, -0.2) is 0 Å². The number of nitrogens with one attached hydrogen (secondary N) is 1. The van der Waals surface area contributed by atoms with Gasteiger partial charge in [-0.05, 0) is 37.3 Å². The van der Waals surface area contributed by atoms with Gasteiger partial charge in [0.25, 0.3) is 5.91 Å². The number of anilines is 2. The fourth-order valence-electron chi connectivity index (χ4n) is 2.06. The van der Waals surface area contributed by atoms with Crippen LogP contribution in [0.2, 0.25) is 4.34 Å². The van der Waals surface area contributed by atoms with Gasteiger partial charge in [0.05, 0.1) is 22.3 Å². The van der Waals surface area contributed by atoms with Crippen LogP contribution in [0.25, 0.3) is 0 Å². The summed E-state index contributed by atoms with van der Waals surface area (Å²) < 4.78 is 0.776. The maximum atomic E-state index is 11.8. The van der Waals surface area contributed by atoms with Crippen LogP contribution in [0.5, 0.6) is 0 Å². The summed E-state index contributed by atoms with van der Waals surface area (Å²) in [5.74, 6) is -0.108. The lowest BCUT2D eigenvalue weighted by Crippen LogP contribution is -2.23. The molecule has 0 bridgehead atoms. The Kier molecular flexibility index (Phi) is 5.09. The van der Waals surface area contributed by atoms with E-state index in [9.17, 15) is 4.79 Å². The number of nitrogen functional groups attached to an aromatic ring is 1. The number of rotatable bonds is 5. The highest BCUT2D eigenvalue weighted by Crippen LogP contribution is 2.28. The van der Waals surface area contributed by atoms with E-state index in [4.69, 9.17) is 17.3 Å². The number of hydrogen-bond acceptors (Lipinski definition) is 4. The summed E-state index contributed by atoms with van der Waals surface area (Å²) in [5, 5.41) is 2.76. The summed E-state index contributed by atoms with van der Waals surface area (Å²) in [4.78, 5) is 15.0. The zero-order valence-corrected chi connectivity index (χ0v) is 13.6. The average Bonchev–Trinajstić information content (AvgIpc) is 2.84. The van der Waals surface area contributed by atoms with Crippen LogP contribution in [0, 0.1) is 0 Å². The number of hydrogen-bond donors (Lipinski definition) is 2. The molecule has 0 radical (unpaired) electrons.